The van der Waals surface area contributed by atoms with Crippen molar-refractivity contribution >= 4 is 6.72 Å². The molecule has 0 rings (SSSR count). The molecule has 0 bridgehead atoms. The lowest BCUT2D eigenvalue weighted by Gasteiger charge is -1.83. The van der Waals surface area contributed by atoms with E-state index >= 15 is 0 Å². The van der Waals surface area contributed by atoms with Crippen molar-refractivity contribution in [3.05, 3.63) is 0 Å². The maximum Gasteiger partial charge on any atom is 0.0394 e. The molecule has 0 saturated heterocycles. The van der Waals surface area contributed by atoms with E-state index in [0.29, 0.717) is 0 Å². The Kier molecular flexibility index (Phi) is 4.34. The molecule has 0 aromatic heterocycles. The van der Waals surface area contributed by atoms with E-state index in [1.54, 1.807) is 0 Å². The molecule has 0 aliphatic carbocycles. The quantitative estimate of drug-likeness (QED) is 0.382. The first kappa shape index (κ1) is 5.63. The van der Waals surface area contributed by atoms with Crippen LogP contribution < -0.4 is 5.73 Å². The van der Waals surface area contributed by atoms with E-state index in [-0.39, 0.29) is 0 Å². The van der Waals surface area contributed by atoms with Crippen LogP contribution in [0.3, 0.4) is 0 Å². The van der Waals surface area contributed by atoms with E-state index in [0.717, 1.165) is 19.5 Å². The number of hydrogen-bond acceptors (Lipinski definition) is 2. The van der Waals surface area contributed by atoms with Crippen molar-refractivity contribution in [3.8, 4) is 0 Å². The number of hydrogen-bond donors (Lipinski definition) is 1. The first-order chi connectivity index (χ1) is 2.91. The van der Waals surface area contributed by atoms with Crippen molar-refractivity contribution in [2.45, 2.75) is 6.42 Å². The molecule has 0 fully saturated rings. The highest BCUT2D eigenvalue weighted by atomic mass is 14.7. The first-order valence-corrected chi connectivity index (χ1v) is 2.04. The van der Waals surface area contributed by atoms with Crippen LogP contribution in [0, 0.1) is 0 Å². The summed E-state index contributed by atoms with van der Waals surface area (Å²) in [6.07, 6.45) is 0.962. The Morgan fingerprint density at radius 1 is 1.67 bits per heavy atom. The van der Waals surface area contributed by atoms with E-state index in [4.69, 9.17) is 5.73 Å². The molecule has 0 aromatic carbocycles. The molecule has 0 spiro atoms. The summed E-state index contributed by atoms with van der Waals surface area (Å²) in [5.41, 5.74) is 5.13. The van der Waals surface area contributed by atoms with Crippen molar-refractivity contribution < 1.29 is 0 Å². The Bertz CT molecular complexity index is 34.5. The molecule has 0 atom stereocenters. The molecular weight excluding hydrogens is 76.1 g/mol. The molecule has 0 saturated carbocycles. The standard InChI is InChI=1S/C4H10N2/c1-6-4-2-3-5/h1-5H2. The molecule has 0 aromatic rings. The van der Waals surface area contributed by atoms with Gasteiger partial charge in [0.25, 0.3) is 0 Å². The van der Waals surface area contributed by atoms with Crippen molar-refractivity contribution in [3.63, 3.8) is 0 Å². The van der Waals surface area contributed by atoms with E-state index in [2.05, 4.69) is 11.7 Å². The molecule has 2 nitrogen and oxygen atoms in total. The SMILES string of the molecule is C=NCCCN. The van der Waals surface area contributed by atoms with Gasteiger partial charge in [-0.1, -0.05) is 0 Å². The second-order valence-corrected chi connectivity index (χ2v) is 1.09. The molecule has 0 aliphatic heterocycles. The number of rotatable bonds is 3. The summed E-state index contributed by atoms with van der Waals surface area (Å²) in [6.45, 7) is 4.82. The van der Waals surface area contributed by atoms with Gasteiger partial charge in [0, 0.05) is 6.54 Å². The smallest absolute Gasteiger partial charge is 0.0394 e. The Morgan fingerprint density at radius 3 is 2.50 bits per heavy atom. The summed E-state index contributed by atoms with van der Waals surface area (Å²) >= 11 is 0. The third-order valence-corrected chi connectivity index (χ3v) is 0.520. The summed E-state index contributed by atoms with van der Waals surface area (Å²) in [4.78, 5) is 3.60. The molecule has 2 N–H and O–H groups in total. The highest BCUT2D eigenvalue weighted by Crippen LogP contribution is 1.70. The molecule has 0 aliphatic rings. The van der Waals surface area contributed by atoms with E-state index < -0.39 is 0 Å². The van der Waals surface area contributed by atoms with Gasteiger partial charge in [-0.05, 0) is 19.7 Å². The fourth-order valence-electron chi connectivity index (χ4n) is 0.203. The summed E-state index contributed by atoms with van der Waals surface area (Å²) in [5, 5.41) is 0. The van der Waals surface area contributed by atoms with Crippen molar-refractivity contribution in [2.24, 2.45) is 10.7 Å². The van der Waals surface area contributed by atoms with Crippen LogP contribution in [0.5, 0.6) is 0 Å². The van der Waals surface area contributed by atoms with Crippen molar-refractivity contribution in [1.29, 1.82) is 0 Å². The molecule has 2 heteroatoms. The van der Waals surface area contributed by atoms with Crippen LogP contribution in [0.2, 0.25) is 0 Å². The lowest BCUT2D eigenvalue weighted by Crippen LogP contribution is -1.99. The Balaban J connectivity index is 2.49. The third kappa shape index (κ3) is 3.63. The maximum absolute atomic E-state index is 5.13. The fourth-order valence-corrected chi connectivity index (χ4v) is 0.203. The zero-order chi connectivity index (χ0) is 4.83. The monoisotopic (exact) mass is 86.1 g/mol. The predicted molar refractivity (Wildman–Crippen MR) is 28.1 cm³/mol. The Labute approximate surface area is 38.1 Å². The molecule has 0 amide bonds. The summed E-state index contributed by atoms with van der Waals surface area (Å²) in [7, 11) is 0. The zero-order valence-electron chi connectivity index (χ0n) is 3.85. The van der Waals surface area contributed by atoms with Gasteiger partial charge >= 0.3 is 0 Å². The average Bonchev–Trinajstić information content (AvgIpc) is 1.61. The number of nitrogens with zero attached hydrogens (tertiary/aromatic N) is 1. The van der Waals surface area contributed by atoms with Crippen molar-refractivity contribution in [2.75, 3.05) is 13.1 Å². The number of nitrogens with two attached hydrogens (primary N) is 1. The molecule has 0 radical (unpaired) electrons. The Morgan fingerprint density at radius 2 is 2.33 bits per heavy atom. The lowest BCUT2D eigenvalue weighted by molar-refractivity contribution is 0.849. The minimum atomic E-state index is 0.721. The summed E-state index contributed by atoms with van der Waals surface area (Å²) in [6, 6.07) is 0. The molecular formula is C4H10N2. The van der Waals surface area contributed by atoms with Gasteiger partial charge in [-0.15, -0.1) is 0 Å². The normalized spacial score (nSPS) is 8.17. The summed E-state index contributed by atoms with van der Waals surface area (Å²) < 4.78 is 0. The van der Waals surface area contributed by atoms with Crippen molar-refractivity contribution in [1.82, 2.24) is 0 Å². The van der Waals surface area contributed by atoms with E-state index in [9.17, 15) is 0 Å². The van der Waals surface area contributed by atoms with Crippen LogP contribution in [-0.2, 0) is 0 Å². The molecule has 0 unspecified atom stereocenters. The van der Waals surface area contributed by atoms with Crippen LogP contribution in [0.25, 0.3) is 0 Å². The topological polar surface area (TPSA) is 38.4 Å². The fraction of sp³-hybridized carbons (Fsp3) is 0.750. The lowest BCUT2D eigenvalue weighted by atomic mass is 10.4. The van der Waals surface area contributed by atoms with Crippen LogP contribution in [0.15, 0.2) is 4.99 Å². The second-order valence-electron chi connectivity index (χ2n) is 1.09. The van der Waals surface area contributed by atoms with Crippen LogP contribution in [-0.4, -0.2) is 19.8 Å². The maximum atomic E-state index is 5.13. The average molecular weight is 86.1 g/mol. The van der Waals surface area contributed by atoms with Gasteiger partial charge in [0.15, 0.2) is 0 Å². The van der Waals surface area contributed by atoms with E-state index in [1.807, 2.05) is 0 Å². The highest BCUT2D eigenvalue weighted by Gasteiger charge is 1.71. The highest BCUT2D eigenvalue weighted by molar-refractivity contribution is 5.22. The van der Waals surface area contributed by atoms with Gasteiger partial charge in [0.05, 0.1) is 0 Å². The van der Waals surface area contributed by atoms with Gasteiger partial charge in [-0.2, -0.15) is 0 Å². The van der Waals surface area contributed by atoms with Crippen LogP contribution >= 0.6 is 0 Å². The molecule has 6 heavy (non-hydrogen) atoms. The number of aliphatic imine (C=N–C) groups is 1. The van der Waals surface area contributed by atoms with Gasteiger partial charge in [0.2, 0.25) is 0 Å². The second kappa shape index (κ2) is 4.63. The summed E-state index contributed by atoms with van der Waals surface area (Å²) in [5.74, 6) is 0. The van der Waals surface area contributed by atoms with Gasteiger partial charge in [-0.25, -0.2) is 0 Å². The molecule has 0 heterocycles. The predicted octanol–water partition coefficient (Wildman–Crippen LogP) is 0.0358. The Hall–Kier alpha value is -0.370. The van der Waals surface area contributed by atoms with Crippen LogP contribution in [0.4, 0.5) is 0 Å². The van der Waals surface area contributed by atoms with E-state index in [1.165, 1.54) is 0 Å². The molecule has 36 valence electrons. The third-order valence-electron chi connectivity index (χ3n) is 0.520. The first-order valence-electron chi connectivity index (χ1n) is 2.04. The largest absolute Gasteiger partial charge is 0.330 e. The van der Waals surface area contributed by atoms with Gasteiger partial charge in [-0.3, -0.25) is 0 Å². The minimum absolute atomic E-state index is 0.721. The van der Waals surface area contributed by atoms with Gasteiger partial charge in [0.1, 0.15) is 0 Å². The van der Waals surface area contributed by atoms with Crippen LogP contribution in [0.1, 0.15) is 6.42 Å². The van der Waals surface area contributed by atoms with Gasteiger partial charge < -0.3 is 10.7 Å². The minimum Gasteiger partial charge on any atom is -0.330 e. The zero-order valence-corrected chi connectivity index (χ0v) is 3.85.